The van der Waals surface area contributed by atoms with E-state index >= 15 is 0 Å². The summed E-state index contributed by atoms with van der Waals surface area (Å²) in [5.74, 6) is 2.50. The van der Waals surface area contributed by atoms with Gasteiger partial charge in [-0.05, 0) is 42.5 Å². The van der Waals surface area contributed by atoms with Crippen LogP contribution in [0.3, 0.4) is 0 Å². The van der Waals surface area contributed by atoms with Crippen LogP contribution < -0.4 is 20.1 Å². The fraction of sp³-hybridized carbons (Fsp3) is 0.333. The molecular weight excluding hydrogens is 270 g/mol. The average Bonchev–Trinajstić information content (AvgIpc) is 3.08. The zero-order valence-electron chi connectivity index (χ0n) is 11.4. The number of amides is 1. The molecule has 1 aromatic rings. The molecule has 6 nitrogen and oxygen atoms in total. The summed E-state index contributed by atoms with van der Waals surface area (Å²) in [5.41, 5.74) is 1.36. The van der Waals surface area contributed by atoms with Gasteiger partial charge in [-0.15, -0.1) is 0 Å². The second-order valence-corrected chi connectivity index (χ2v) is 5.38. The van der Waals surface area contributed by atoms with Crippen molar-refractivity contribution in [3.63, 3.8) is 0 Å². The van der Waals surface area contributed by atoms with E-state index in [0.717, 1.165) is 17.9 Å². The van der Waals surface area contributed by atoms with Crippen molar-refractivity contribution in [2.75, 3.05) is 13.3 Å². The number of ether oxygens (including phenoxy) is 2. The number of guanidine groups is 1. The van der Waals surface area contributed by atoms with Crippen LogP contribution in [-0.4, -0.2) is 25.2 Å². The molecule has 2 heterocycles. The number of carbonyl (C=O) groups excluding carboxylic acids is 1. The number of fused-ring (bicyclic) bond motifs is 1. The minimum atomic E-state index is -0.165. The Labute approximate surface area is 121 Å². The van der Waals surface area contributed by atoms with Crippen molar-refractivity contribution >= 4 is 17.9 Å². The standard InChI is InChI=1S/C15H15N3O3/c19-14-11(17-15(18-14)16-7-9-1-2-9)5-10-3-4-12-13(6-10)21-8-20-12/h3-6,9H,1-2,7-8H2,(H2,16,17,18,19)/b11-5+. The van der Waals surface area contributed by atoms with Gasteiger partial charge < -0.3 is 14.8 Å². The van der Waals surface area contributed by atoms with Gasteiger partial charge in [0.2, 0.25) is 12.8 Å². The molecule has 0 radical (unpaired) electrons. The molecule has 2 N–H and O–H groups in total. The van der Waals surface area contributed by atoms with Crippen molar-refractivity contribution in [3.8, 4) is 11.5 Å². The number of aliphatic imine (C=N–C) groups is 1. The van der Waals surface area contributed by atoms with Crippen LogP contribution in [0.1, 0.15) is 18.4 Å². The van der Waals surface area contributed by atoms with Crippen molar-refractivity contribution in [3.05, 3.63) is 29.5 Å². The van der Waals surface area contributed by atoms with Crippen LogP contribution in [0.2, 0.25) is 0 Å². The highest BCUT2D eigenvalue weighted by Gasteiger charge is 2.25. The minimum Gasteiger partial charge on any atom is -0.454 e. The Bertz CT molecular complexity index is 662. The second kappa shape index (κ2) is 4.80. The molecule has 1 aliphatic carbocycles. The van der Waals surface area contributed by atoms with Crippen molar-refractivity contribution in [2.45, 2.75) is 12.8 Å². The van der Waals surface area contributed by atoms with Crippen molar-refractivity contribution in [1.29, 1.82) is 0 Å². The van der Waals surface area contributed by atoms with Crippen LogP contribution in [0.15, 0.2) is 28.9 Å². The molecule has 108 valence electrons. The quantitative estimate of drug-likeness (QED) is 0.820. The van der Waals surface area contributed by atoms with Gasteiger partial charge in [0.05, 0.1) is 0 Å². The Kier molecular flexibility index (Phi) is 2.80. The second-order valence-electron chi connectivity index (χ2n) is 5.38. The Morgan fingerprint density at radius 2 is 2.10 bits per heavy atom. The van der Waals surface area contributed by atoms with Crippen LogP contribution in [-0.2, 0) is 4.79 Å². The first-order valence-electron chi connectivity index (χ1n) is 7.02. The predicted octanol–water partition coefficient (Wildman–Crippen LogP) is 1.24. The molecule has 1 saturated carbocycles. The van der Waals surface area contributed by atoms with E-state index < -0.39 is 0 Å². The van der Waals surface area contributed by atoms with E-state index in [4.69, 9.17) is 9.47 Å². The van der Waals surface area contributed by atoms with Gasteiger partial charge in [0.1, 0.15) is 5.70 Å². The van der Waals surface area contributed by atoms with E-state index in [-0.39, 0.29) is 12.7 Å². The lowest BCUT2D eigenvalue weighted by atomic mass is 10.1. The molecule has 1 amide bonds. The fourth-order valence-electron chi connectivity index (χ4n) is 2.26. The van der Waals surface area contributed by atoms with E-state index in [9.17, 15) is 4.79 Å². The summed E-state index contributed by atoms with van der Waals surface area (Å²) in [5, 5.41) is 5.75. The van der Waals surface area contributed by atoms with Gasteiger partial charge in [-0.2, -0.15) is 0 Å². The summed E-state index contributed by atoms with van der Waals surface area (Å²) in [7, 11) is 0. The molecule has 4 rings (SSSR count). The van der Waals surface area contributed by atoms with Crippen LogP contribution in [0.5, 0.6) is 11.5 Å². The van der Waals surface area contributed by atoms with Gasteiger partial charge in [-0.3, -0.25) is 15.1 Å². The van der Waals surface area contributed by atoms with Crippen molar-refractivity contribution in [2.24, 2.45) is 10.9 Å². The summed E-state index contributed by atoms with van der Waals surface area (Å²) in [6.07, 6.45) is 4.26. The van der Waals surface area contributed by atoms with Gasteiger partial charge in [0.15, 0.2) is 11.5 Å². The lowest BCUT2D eigenvalue weighted by Crippen LogP contribution is -2.25. The third-order valence-corrected chi connectivity index (χ3v) is 3.64. The summed E-state index contributed by atoms with van der Waals surface area (Å²) in [6, 6.07) is 5.57. The molecular formula is C15H15N3O3. The number of hydrogen-bond acceptors (Lipinski definition) is 4. The van der Waals surface area contributed by atoms with E-state index in [1.807, 2.05) is 18.2 Å². The van der Waals surface area contributed by atoms with E-state index in [1.54, 1.807) is 6.08 Å². The predicted molar refractivity (Wildman–Crippen MR) is 76.8 cm³/mol. The molecule has 2 aliphatic heterocycles. The van der Waals surface area contributed by atoms with E-state index in [1.165, 1.54) is 12.8 Å². The van der Waals surface area contributed by atoms with Crippen molar-refractivity contribution in [1.82, 2.24) is 10.6 Å². The summed E-state index contributed by atoms with van der Waals surface area (Å²) in [6.45, 7) is 1.02. The first-order valence-corrected chi connectivity index (χ1v) is 7.02. The molecule has 0 atom stereocenters. The zero-order valence-corrected chi connectivity index (χ0v) is 11.4. The molecule has 6 heteroatoms. The van der Waals surface area contributed by atoms with Gasteiger partial charge >= 0.3 is 0 Å². The lowest BCUT2D eigenvalue weighted by Gasteiger charge is -1.99. The molecule has 1 aromatic carbocycles. The highest BCUT2D eigenvalue weighted by atomic mass is 16.7. The Balaban J connectivity index is 1.52. The van der Waals surface area contributed by atoms with Crippen LogP contribution in [0.25, 0.3) is 6.08 Å². The molecule has 2 fully saturated rings. The number of nitrogens with one attached hydrogen (secondary N) is 2. The lowest BCUT2D eigenvalue weighted by molar-refractivity contribution is -0.115. The summed E-state index contributed by atoms with van der Waals surface area (Å²) in [4.78, 5) is 16.3. The molecule has 3 aliphatic rings. The molecule has 0 bridgehead atoms. The highest BCUT2D eigenvalue weighted by molar-refractivity contribution is 6.15. The monoisotopic (exact) mass is 285 g/mol. The number of benzene rings is 1. The smallest absolute Gasteiger partial charge is 0.274 e. The van der Waals surface area contributed by atoms with Gasteiger partial charge in [0, 0.05) is 6.54 Å². The third kappa shape index (κ3) is 2.56. The molecule has 1 saturated heterocycles. The van der Waals surface area contributed by atoms with Crippen LogP contribution in [0, 0.1) is 5.92 Å². The first kappa shape index (κ1) is 12.3. The topological polar surface area (TPSA) is 72.0 Å². The van der Waals surface area contributed by atoms with Crippen LogP contribution in [0.4, 0.5) is 0 Å². The minimum absolute atomic E-state index is 0.165. The summed E-state index contributed by atoms with van der Waals surface area (Å²) < 4.78 is 10.6. The van der Waals surface area contributed by atoms with Crippen LogP contribution >= 0.6 is 0 Å². The molecule has 21 heavy (non-hydrogen) atoms. The Hall–Kier alpha value is -2.50. The SMILES string of the molecule is O=C1NC(=NCC2CC2)N/C1=C/c1ccc2c(c1)OCO2. The zero-order chi connectivity index (χ0) is 14.2. The maximum absolute atomic E-state index is 11.9. The first-order chi connectivity index (χ1) is 10.3. The van der Waals surface area contributed by atoms with Gasteiger partial charge in [0.25, 0.3) is 5.91 Å². The van der Waals surface area contributed by atoms with Gasteiger partial charge in [-0.1, -0.05) is 6.07 Å². The number of carbonyl (C=O) groups is 1. The number of rotatable bonds is 3. The number of hydrogen-bond donors (Lipinski definition) is 2. The normalized spacial score (nSPS) is 23.5. The van der Waals surface area contributed by atoms with E-state index in [2.05, 4.69) is 15.6 Å². The summed E-state index contributed by atoms with van der Waals surface area (Å²) >= 11 is 0. The highest BCUT2D eigenvalue weighted by Crippen LogP contribution is 2.33. The maximum Gasteiger partial charge on any atom is 0.274 e. The Morgan fingerprint density at radius 1 is 1.24 bits per heavy atom. The average molecular weight is 285 g/mol. The maximum atomic E-state index is 11.9. The molecule has 0 spiro atoms. The largest absolute Gasteiger partial charge is 0.454 e. The molecule has 0 aromatic heterocycles. The molecule has 0 unspecified atom stereocenters. The van der Waals surface area contributed by atoms with Gasteiger partial charge in [-0.25, -0.2) is 0 Å². The number of nitrogens with zero attached hydrogens (tertiary/aromatic N) is 1. The van der Waals surface area contributed by atoms with E-state index in [0.29, 0.717) is 23.3 Å². The fourth-order valence-corrected chi connectivity index (χ4v) is 2.26. The third-order valence-electron chi connectivity index (χ3n) is 3.64. The van der Waals surface area contributed by atoms with Crippen molar-refractivity contribution < 1.29 is 14.3 Å². The Morgan fingerprint density at radius 3 is 2.95 bits per heavy atom.